The summed E-state index contributed by atoms with van der Waals surface area (Å²) in [7, 11) is 0. The summed E-state index contributed by atoms with van der Waals surface area (Å²) >= 11 is 0. The van der Waals surface area contributed by atoms with Gasteiger partial charge in [-0.15, -0.1) is 13.2 Å². The molecule has 0 aromatic carbocycles. The Bertz CT molecular complexity index is 216. The summed E-state index contributed by atoms with van der Waals surface area (Å²) in [5.74, 6) is -2.66. The predicted octanol–water partition coefficient (Wildman–Crippen LogP) is 3.13. The molecule has 2 unspecified atom stereocenters. The van der Waals surface area contributed by atoms with E-state index in [0.717, 1.165) is 12.8 Å². The van der Waals surface area contributed by atoms with E-state index in [2.05, 4.69) is 13.2 Å². The minimum absolute atomic E-state index is 0.310. The van der Waals surface area contributed by atoms with E-state index < -0.39 is 11.6 Å². The molecule has 2 N–H and O–H groups in total. The summed E-state index contributed by atoms with van der Waals surface area (Å²) in [5.41, 5.74) is 0. The molecule has 0 aromatic rings. The highest BCUT2D eigenvalue weighted by Gasteiger charge is 2.36. The van der Waals surface area contributed by atoms with Crippen molar-refractivity contribution < 1.29 is 14.9 Å². The molecule has 0 aliphatic heterocycles. The van der Waals surface area contributed by atoms with Gasteiger partial charge < -0.3 is 14.9 Å². The Labute approximate surface area is 105 Å². The Morgan fingerprint density at radius 3 is 1.53 bits per heavy atom. The molecule has 0 rings (SSSR count). The van der Waals surface area contributed by atoms with Crippen molar-refractivity contribution in [2.24, 2.45) is 0 Å². The van der Waals surface area contributed by atoms with Gasteiger partial charge in [0.15, 0.2) is 11.6 Å². The van der Waals surface area contributed by atoms with Crippen molar-refractivity contribution in [3.8, 4) is 0 Å². The first-order valence-corrected chi connectivity index (χ1v) is 6.32. The van der Waals surface area contributed by atoms with Gasteiger partial charge in [0, 0.05) is 25.7 Å². The van der Waals surface area contributed by atoms with E-state index in [1.165, 1.54) is 0 Å². The van der Waals surface area contributed by atoms with Crippen LogP contribution in [0.3, 0.4) is 0 Å². The normalized spacial score (nSPS) is 18.1. The first-order chi connectivity index (χ1) is 7.95. The number of hydrogen-bond acceptors (Lipinski definition) is 3. The van der Waals surface area contributed by atoms with Crippen molar-refractivity contribution in [3.05, 3.63) is 25.3 Å². The third-order valence-electron chi connectivity index (χ3n) is 2.59. The minimum Gasteiger partial charge on any atom is -0.365 e. The van der Waals surface area contributed by atoms with E-state index in [9.17, 15) is 10.2 Å². The Hall–Kier alpha value is -0.640. The molecule has 3 nitrogen and oxygen atoms in total. The number of rotatable bonds is 10. The van der Waals surface area contributed by atoms with E-state index in [1.807, 2.05) is 13.8 Å². The van der Waals surface area contributed by atoms with Gasteiger partial charge in [-0.05, 0) is 0 Å². The van der Waals surface area contributed by atoms with Gasteiger partial charge in [-0.25, -0.2) is 0 Å². The van der Waals surface area contributed by atoms with Crippen LogP contribution in [0.25, 0.3) is 0 Å². The van der Waals surface area contributed by atoms with Gasteiger partial charge in [-0.1, -0.05) is 38.8 Å². The summed E-state index contributed by atoms with van der Waals surface area (Å²) < 4.78 is 5.56. The van der Waals surface area contributed by atoms with Crippen LogP contribution in [0.4, 0.5) is 0 Å². The molecule has 0 aliphatic rings. The molecule has 0 radical (unpaired) electrons. The van der Waals surface area contributed by atoms with Crippen LogP contribution in [-0.2, 0) is 4.74 Å². The molecule has 0 heterocycles. The van der Waals surface area contributed by atoms with Gasteiger partial charge in [0.05, 0.1) is 0 Å². The van der Waals surface area contributed by atoms with Crippen molar-refractivity contribution in [2.45, 2.75) is 63.9 Å². The lowest BCUT2D eigenvalue weighted by molar-refractivity contribution is -0.335. The molecule has 0 spiro atoms. The van der Waals surface area contributed by atoms with Crippen LogP contribution in [0.5, 0.6) is 0 Å². The summed E-state index contributed by atoms with van der Waals surface area (Å²) in [4.78, 5) is 0. The molecule has 0 amide bonds. The van der Waals surface area contributed by atoms with Gasteiger partial charge in [0.25, 0.3) is 0 Å². The van der Waals surface area contributed by atoms with Crippen LogP contribution in [0, 0.1) is 0 Å². The molecular formula is C14H26O3. The molecule has 2 atom stereocenters. The average Bonchev–Trinajstić information content (AvgIpc) is 2.17. The SMILES string of the molecule is C=CCC(O)(CCC)OC(O)(CC=C)CCC. The summed E-state index contributed by atoms with van der Waals surface area (Å²) in [5, 5.41) is 20.6. The maximum atomic E-state index is 10.3. The lowest BCUT2D eigenvalue weighted by Crippen LogP contribution is -2.44. The Kier molecular flexibility index (Phi) is 7.35. The van der Waals surface area contributed by atoms with Crippen molar-refractivity contribution in [3.63, 3.8) is 0 Å². The van der Waals surface area contributed by atoms with Gasteiger partial charge in [-0.3, -0.25) is 0 Å². The van der Waals surface area contributed by atoms with E-state index in [-0.39, 0.29) is 0 Å². The lowest BCUT2D eigenvalue weighted by atomic mass is 10.0. The quantitative estimate of drug-likeness (QED) is 0.457. The van der Waals surface area contributed by atoms with Crippen LogP contribution in [0.1, 0.15) is 52.4 Å². The predicted molar refractivity (Wildman–Crippen MR) is 70.4 cm³/mol. The highest BCUT2D eigenvalue weighted by molar-refractivity contribution is 4.85. The third-order valence-corrected chi connectivity index (χ3v) is 2.59. The smallest absolute Gasteiger partial charge is 0.172 e. The van der Waals surface area contributed by atoms with Crippen LogP contribution in [0.15, 0.2) is 25.3 Å². The maximum Gasteiger partial charge on any atom is 0.172 e. The average molecular weight is 242 g/mol. The fourth-order valence-electron chi connectivity index (χ4n) is 1.98. The summed E-state index contributed by atoms with van der Waals surface area (Å²) in [6.45, 7) is 11.1. The largest absolute Gasteiger partial charge is 0.365 e. The Morgan fingerprint density at radius 2 is 1.29 bits per heavy atom. The minimum atomic E-state index is -1.33. The number of aliphatic hydroxyl groups is 2. The molecule has 0 bridgehead atoms. The fraction of sp³-hybridized carbons (Fsp3) is 0.714. The highest BCUT2D eigenvalue weighted by Crippen LogP contribution is 2.30. The van der Waals surface area contributed by atoms with Crippen molar-refractivity contribution in [1.29, 1.82) is 0 Å². The lowest BCUT2D eigenvalue weighted by Gasteiger charge is -2.37. The van der Waals surface area contributed by atoms with Crippen molar-refractivity contribution >= 4 is 0 Å². The summed E-state index contributed by atoms with van der Waals surface area (Å²) in [6, 6.07) is 0. The maximum absolute atomic E-state index is 10.3. The monoisotopic (exact) mass is 242 g/mol. The van der Waals surface area contributed by atoms with E-state index >= 15 is 0 Å². The molecule has 0 saturated heterocycles. The standard InChI is InChI=1S/C14H26O3/c1-5-9-13(15,10-6-2)17-14(16,11-7-3)12-8-4/h5,7,15-16H,1,3,6,8-12H2,2,4H3. The molecular weight excluding hydrogens is 216 g/mol. The molecule has 0 saturated carbocycles. The highest BCUT2D eigenvalue weighted by atomic mass is 16.7. The first kappa shape index (κ1) is 16.4. The number of hydrogen-bond donors (Lipinski definition) is 2. The van der Waals surface area contributed by atoms with Gasteiger partial charge in [-0.2, -0.15) is 0 Å². The third kappa shape index (κ3) is 6.01. The van der Waals surface area contributed by atoms with Gasteiger partial charge >= 0.3 is 0 Å². The van der Waals surface area contributed by atoms with Crippen molar-refractivity contribution in [2.75, 3.05) is 0 Å². The first-order valence-electron chi connectivity index (χ1n) is 6.32. The van der Waals surface area contributed by atoms with Crippen LogP contribution < -0.4 is 0 Å². The molecule has 3 heteroatoms. The second-order valence-electron chi connectivity index (χ2n) is 4.48. The topological polar surface area (TPSA) is 49.7 Å². The number of ether oxygens (including phenoxy) is 1. The Balaban J connectivity index is 4.76. The van der Waals surface area contributed by atoms with Crippen LogP contribution >= 0.6 is 0 Å². The molecule has 100 valence electrons. The molecule has 0 aliphatic carbocycles. The molecule has 0 fully saturated rings. The van der Waals surface area contributed by atoms with Crippen LogP contribution in [0.2, 0.25) is 0 Å². The second kappa shape index (κ2) is 7.64. The molecule has 0 aromatic heterocycles. The van der Waals surface area contributed by atoms with Crippen LogP contribution in [-0.4, -0.2) is 21.8 Å². The second-order valence-corrected chi connectivity index (χ2v) is 4.48. The fourth-order valence-corrected chi connectivity index (χ4v) is 1.98. The summed E-state index contributed by atoms with van der Waals surface area (Å²) in [6.07, 6.45) is 6.34. The zero-order chi connectivity index (χ0) is 13.4. The van der Waals surface area contributed by atoms with E-state index in [1.54, 1.807) is 12.2 Å². The van der Waals surface area contributed by atoms with E-state index in [0.29, 0.717) is 25.7 Å². The molecule has 17 heavy (non-hydrogen) atoms. The van der Waals surface area contributed by atoms with E-state index in [4.69, 9.17) is 4.74 Å². The van der Waals surface area contributed by atoms with Crippen molar-refractivity contribution in [1.82, 2.24) is 0 Å². The zero-order valence-corrected chi connectivity index (χ0v) is 11.1. The Morgan fingerprint density at radius 1 is 0.941 bits per heavy atom. The zero-order valence-electron chi connectivity index (χ0n) is 11.1. The van der Waals surface area contributed by atoms with Gasteiger partial charge in [0.1, 0.15) is 0 Å². The van der Waals surface area contributed by atoms with Gasteiger partial charge in [0.2, 0.25) is 0 Å².